The average Bonchev–Trinajstić information content (AvgIpc) is 2.13. The van der Waals surface area contributed by atoms with Crippen LogP contribution < -0.4 is 0 Å². The van der Waals surface area contributed by atoms with Gasteiger partial charge < -0.3 is 10.2 Å². The van der Waals surface area contributed by atoms with E-state index in [9.17, 15) is 15.0 Å². The summed E-state index contributed by atoms with van der Waals surface area (Å²) >= 11 is 0. The predicted octanol–water partition coefficient (Wildman–Crippen LogP) is 3.68. The zero-order chi connectivity index (χ0) is 14.3. The van der Waals surface area contributed by atoms with Gasteiger partial charge in [-0.2, -0.15) is 0 Å². The first-order valence-corrected chi connectivity index (χ1v) is 6.06. The van der Waals surface area contributed by atoms with Crippen LogP contribution in [0.3, 0.4) is 0 Å². The molecule has 0 aliphatic heterocycles. The summed E-state index contributed by atoms with van der Waals surface area (Å²) < 4.78 is 0. The molecule has 0 fully saturated rings. The quantitative estimate of drug-likeness (QED) is 0.778. The Morgan fingerprint density at radius 3 is 1.47 bits per heavy atom. The van der Waals surface area contributed by atoms with Crippen LogP contribution in [-0.2, 0) is 27.3 Å². The number of rotatable bonds is 1. The van der Waals surface area contributed by atoms with E-state index in [4.69, 9.17) is 0 Å². The fourth-order valence-electron chi connectivity index (χ4n) is 1.90. The van der Waals surface area contributed by atoms with Gasteiger partial charge in [-0.3, -0.25) is 0 Å². The topological polar surface area (TPSA) is 57.5 Å². The summed E-state index contributed by atoms with van der Waals surface area (Å²) in [5.74, 6) is -0.758. The van der Waals surface area contributed by atoms with Crippen LogP contribution in [0.2, 0.25) is 0 Å². The third kappa shape index (κ3) is 3.97. The van der Waals surface area contributed by atoms with Crippen LogP contribution in [0, 0.1) is 0 Å². The zero-order valence-electron chi connectivity index (χ0n) is 12.3. The minimum absolute atomic E-state index is 0. The first-order valence-electron chi connectivity index (χ1n) is 6.06. The molecule has 2 N–H and O–H groups in total. The molecule has 0 heterocycles. The molecule has 0 radical (unpaired) electrons. The third-order valence-corrected chi connectivity index (χ3v) is 2.97. The number of carboxylic acids is 1. The Hall–Kier alpha value is -1.02. The molecule has 110 valence electrons. The standard InChI is InChI=1S/C15H22O3.Ni/c1-14(2,3)10-7-9(13(17)18)8-11(12(10)16)15(4,5)6;/h7-8,16H,1-6H3,(H,17,18);. The first kappa shape index (κ1) is 18.0. The van der Waals surface area contributed by atoms with Gasteiger partial charge in [0, 0.05) is 27.6 Å². The molecule has 4 heteroatoms. The molecule has 0 aromatic heterocycles. The van der Waals surface area contributed by atoms with Gasteiger partial charge in [0.1, 0.15) is 5.75 Å². The zero-order valence-corrected chi connectivity index (χ0v) is 13.3. The number of benzene rings is 1. The van der Waals surface area contributed by atoms with Crippen LogP contribution in [0.15, 0.2) is 12.1 Å². The maximum absolute atomic E-state index is 11.2. The van der Waals surface area contributed by atoms with Crippen molar-refractivity contribution in [3.8, 4) is 5.75 Å². The summed E-state index contributed by atoms with van der Waals surface area (Å²) in [6, 6.07) is 3.12. The van der Waals surface area contributed by atoms with Crippen molar-refractivity contribution in [2.45, 2.75) is 52.4 Å². The van der Waals surface area contributed by atoms with Crippen LogP contribution in [0.4, 0.5) is 0 Å². The van der Waals surface area contributed by atoms with Crippen LogP contribution >= 0.6 is 0 Å². The monoisotopic (exact) mass is 308 g/mol. The Morgan fingerprint density at radius 1 is 0.947 bits per heavy atom. The molecule has 0 unspecified atom stereocenters. The van der Waals surface area contributed by atoms with Crippen molar-refractivity contribution >= 4 is 5.97 Å². The summed E-state index contributed by atoms with van der Waals surface area (Å²) in [6.07, 6.45) is 0. The van der Waals surface area contributed by atoms with Gasteiger partial charge in [-0.15, -0.1) is 0 Å². The first-order chi connectivity index (χ1) is 7.94. The molecule has 0 amide bonds. The van der Waals surface area contributed by atoms with Gasteiger partial charge in [-0.1, -0.05) is 41.5 Å². The SMILES string of the molecule is CC(C)(C)c1cc(C(=O)O)cc(C(C)(C)C)c1O.[Ni]. The van der Waals surface area contributed by atoms with Gasteiger partial charge in [-0.25, -0.2) is 4.79 Å². The Bertz CT molecular complexity index is 444. The average molecular weight is 309 g/mol. The molecule has 1 aromatic rings. The number of aromatic carboxylic acids is 1. The van der Waals surface area contributed by atoms with Gasteiger partial charge in [0.05, 0.1) is 5.56 Å². The number of phenolic OH excluding ortho intramolecular Hbond substituents is 1. The van der Waals surface area contributed by atoms with E-state index in [0.29, 0.717) is 11.1 Å². The van der Waals surface area contributed by atoms with E-state index >= 15 is 0 Å². The Morgan fingerprint density at radius 2 is 1.26 bits per heavy atom. The van der Waals surface area contributed by atoms with E-state index in [0.717, 1.165) is 0 Å². The fourth-order valence-corrected chi connectivity index (χ4v) is 1.90. The van der Waals surface area contributed by atoms with E-state index in [2.05, 4.69) is 0 Å². The predicted molar refractivity (Wildman–Crippen MR) is 72.5 cm³/mol. The molecule has 0 bridgehead atoms. The van der Waals surface area contributed by atoms with Gasteiger partial charge in [0.15, 0.2) is 0 Å². The Kier molecular flexibility index (Phi) is 5.24. The largest absolute Gasteiger partial charge is 0.507 e. The molecule has 0 saturated heterocycles. The fraction of sp³-hybridized carbons (Fsp3) is 0.533. The van der Waals surface area contributed by atoms with Gasteiger partial charge >= 0.3 is 5.97 Å². The van der Waals surface area contributed by atoms with Crippen LogP contribution in [-0.4, -0.2) is 16.2 Å². The minimum Gasteiger partial charge on any atom is -0.507 e. The summed E-state index contributed by atoms with van der Waals surface area (Å²) in [5, 5.41) is 19.5. The molecule has 0 aliphatic rings. The molecule has 0 atom stereocenters. The van der Waals surface area contributed by atoms with Gasteiger partial charge in [0.2, 0.25) is 0 Å². The second-order valence-corrected chi connectivity index (χ2v) is 6.73. The van der Waals surface area contributed by atoms with Gasteiger partial charge in [0.25, 0.3) is 0 Å². The number of phenols is 1. The molecule has 0 aliphatic carbocycles. The van der Waals surface area contributed by atoms with Crippen molar-refractivity contribution in [2.24, 2.45) is 0 Å². The number of aromatic hydroxyl groups is 1. The number of hydrogen-bond acceptors (Lipinski definition) is 2. The second kappa shape index (κ2) is 5.54. The summed E-state index contributed by atoms with van der Waals surface area (Å²) in [6.45, 7) is 11.8. The Balaban J connectivity index is 0.00000324. The normalized spacial score (nSPS) is 11.9. The Labute approximate surface area is 125 Å². The van der Waals surface area contributed by atoms with E-state index in [1.807, 2.05) is 41.5 Å². The van der Waals surface area contributed by atoms with E-state index in [-0.39, 0.29) is 38.6 Å². The second-order valence-electron chi connectivity index (χ2n) is 6.73. The molecule has 19 heavy (non-hydrogen) atoms. The maximum atomic E-state index is 11.2. The van der Waals surface area contributed by atoms with Crippen LogP contribution in [0.1, 0.15) is 63.0 Å². The molecule has 0 saturated carbocycles. The van der Waals surface area contributed by atoms with Gasteiger partial charge in [-0.05, 0) is 23.0 Å². The number of carbonyl (C=O) groups is 1. The smallest absolute Gasteiger partial charge is 0.335 e. The van der Waals surface area contributed by atoms with E-state index in [1.54, 1.807) is 12.1 Å². The van der Waals surface area contributed by atoms with Crippen LogP contribution in [0.5, 0.6) is 5.75 Å². The summed E-state index contributed by atoms with van der Waals surface area (Å²) in [7, 11) is 0. The van der Waals surface area contributed by atoms with Crippen molar-refractivity contribution in [2.75, 3.05) is 0 Å². The van der Waals surface area contributed by atoms with Crippen LogP contribution in [0.25, 0.3) is 0 Å². The number of hydrogen-bond donors (Lipinski definition) is 2. The van der Waals surface area contributed by atoms with Crippen molar-refractivity contribution in [1.82, 2.24) is 0 Å². The molecule has 3 nitrogen and oxygen atoms in total. The van der Waals surface area contributed by atoms with Crippen molar-refractivity contribution in [1.29, 1.82) is 0 Å². The molecular weight excluding hydrogens is 287 g/mol. The van der Waals surface area contributed by atoms with E-state index in [1.165, 1.54) is 0 Å². The van der Waals surface area contributed by atoms with Crippen molar-refractivity contribution < 1.29 is 31.5 Å². The molecule has 0 spiro atoms. The molecule has 1 rings (SSSR count). The van der Waals surface area contributed by atoms with Crippen molar-refractivity contribution in [3.05, 3.63) is 28.8 Å². The summed E-state index contributed by atoms with van der Waals surface area (Å²) in [5.41, 5.74) is 0.979. The maximum Gasteiger partial charge on any atom is 0.335 e. The molecular formula is C15H22NiO3. The van der Waals surface area contributed by atoms with E-state index < -0.39 is 5.97 Å². The molecule has 1 aromatic carbocycles. The third-order valence-electron chi connectivity index (χ3n) is 2.97. The number of carboxylic acid groups (broad SMARTS) is 1. The van der Waals surface area contributed by atoms with Crippen molar-refractivity contribution in [3.63, 3.8) is 0 Å². The summed E-state index contributed by atoms with van der Waals surface area (Å²) in [4.78, 5) is 11.2. The minimum atomic E-state index is -0.967.